The van der Waals surface area contributed by atoms with Crippen molar-refractivity contribution in [2.24, 2.45) is 11.8 Å². The van der Waals surface area contributed by atoms with Crippen LogP contribution in [0.15, 0.2) is 42.6 Å². The number of hydrogen-bond acceptors (Lipinski definition) is 10. The summed E-state index contributed by atoms with van der Waals surface area (Å²) < 4.78 is 25.8. The highest BCUT2D eigenvalue weighted by Gasteiger charge is 2.25. The second-order valence-electron chi connectivity index (χ2n) is 10.1. The van der Waals surface area contributed by atoms with Crippen molar-refractivity contribution in [3.63, 3.8) is 0 Å². The molecule has 1 aliphatic rings. The normalized spacial score (nSPS) is 18.5. The topological polar surface area (TPSA) is 122 Å². The van der Waals surface area contributed by atoms with Crippen molar-refractivity contribution in [3.05, 3.63) is 53.9 Å². The van der Waals surface area contributed by atoms with Crippen LogP contribution in [0, 0.1) is 18.8 Å². The number of carbonyl (C=O) groups excluding carboxylic acids is 3. The highest BCUT2D eigenvalue weighted by atomic mass is 16.7. The highest BCUT2D eigenvalue weighted by Crippen LogP contribution is 2.28. The third-order valence-corrected chi connectivity index (χ3v) is 6.04. The summed E-state index contributed by atoms with van der Waals surface area (Å²) in [6.07, 6.45) is 5.17. The van der Waals surface area contributed by atoms with Gasteiger partial charge in [0.15, 0.2) is 17.8 Å². The third kappa shape index (κ3) is 15.2. The van der Waals surface area contributed by atoms with Crippen molar-refractivity contribution in [2.75, 3.05) is 34.2 Å². The van der Waals surface area contributed by atoms with Gasteiger partial charge in [-0.15, -0.1) is 0 Å². The van der Waals surface area contributed by atoms with E-state index in [1.54, 1.807) is 7.05 Å². The minimum absolute atomic E-state index is 0.0211. The molecule has 41 heavy (non-hydrogen) atoms. The number of likely N-dealkylation sites (N-methyl/N-ethyl adjacent to an activating group) is 1. The van der Waals surface area contributed by atoms with Gasteiger partial charge in [-0.3, -0.25) is 14.4 Å². The number of benzene rings is 1. The number of aryl methyl sites for hydroxylation is 1. The zero-order valence-corrected chi connectivity index (χ0v) is 25.4. The first-order valence-corrected chi connectivity index (χ1v) is 13.8. The highest BCUT2D eigenvalue weighted by molar-refractivity contribution is 5.78. The van der Waals surface area contributed by atoms with E-state index in [0.717, 1.165) is 19.4 Å². The molecule has 2 heterocycles. The fraction of sp³-hybridized carbons (Fsp3) is 0.548. The second-order valence-corrected chi connectivity index (χ2v) is 10.1. The molecule has 0 radical (unpaired) electrons. The Balaban J connectivity index is 0.000000334. The average Bonchev–Trinajstić information content (AvgIpc) is 3.00. The van der Waals surface area contributed by atoms with Crippen LogP contribution in [-0.4, -0.2) is 69.5 Å². The van der Waals surface area contributed by atoms with Crippen LogP contribution in [0.3, 0.4) is 0 Å². The molecule has 1 aromatic heterocycles. The molecule has 1 aromatic carbocycles. The van der Waals surface area contributed by atoms with Gasteiger partial charge >= 0.3 is 11.9 Å². The van der Waals surface area contributed by atoms with Gasteiger partial charge < -0.3 is 29.0 Å². The molecule has 0 amide bonds. The maximum absolute atomic E-state index is 11.8. The predicted octanol–water partition coefficient (Wildman–Crippen LogP) is 4.78. The fourth-order valence-electron chi connectivity index (χ4n) is 3.80. The van der Waals surface area contributed by atoms with Crippen molar-refractivity contribution in [1.29, 1.82) is 0 Å². The SMILES string of the molecule is CN[C@H]1COCC(CCC(C)C)CC(C)OC1=O.COc1ccnc(C=O)c1OCOC(C)=O.Cc1ccccc1. The standard InChI is InChI=1S/C14H27NO3.C10H11NO5.C7H8/c1-10(2)5-6-12-7-11(3)18-14(16)13(15-4)9-17-8-12;1-7(13)15-6-16-10-8(5-12)11-4-3-9(10)14-2;1-7-5-3-2-4-6-7/h10-13,15H,5-9H2,1-4H3;3-5H,6H2,1-2H3;2-6H,1H3/t11?,12?,13-;;/m0../s1. The first kappa shape index (κ1) is 35.5. The number of cyclic esters (lactones) is 1. The van der Waals surface area contributed by atoms with E-state index in [9.17, 15) is 14.4 Å². The number of ether oxygens (including phenoxy) is 5. The number of aldehydes is 1. The van der Waals surface area contributed by atoms with Crippen LogP contribution in [0.1, 0.15) is 63.0 Å². The molecule has 2 aromatic rings. The van der Waals surface area contributed by atoms with E-state index in [1.165, 1.54) is 38.3 Å². The summed E-state index contributed by atoms with van der Waals surface area (Å²) in [6, 6.07) is 11.5. The Kier molecular flexibility index (Phi) is 17.7. The van der Waals surface area contributed by atoms with Gasteiger partial charge in [0.05, 0.1) is 19.8 Å². The number of pyridine rings is 1. The first-order valence-electron chi connectivity index (χ1n) is 13.8. The molecule has 3 atom stereocenters. The molecule has 1 aliphatic heterocycles. The number of nitrogens with zero attached hydrogens (tertiary/aromatic N) is 1. The van der Waals surface area contributed by atoms with Gasteiger partial charge in [-0.25, -0.2) is 4.98 Å². The Morgan fingerprint density at radius 2 is 1.90 bits per heavy atom. The van der Waals surface area contributed by atoms with Crippen LogP contribution < -0.4 is 14.8 Å². The summed E-state index contributed by atoms with van der Waals surface area (Å²) in [5, 5.41) is 2.94. The van der Waals surface area contributed by atoms with Crippen molar-refractivity contribution >= 4 is 18.2 Å². The Morgan fingerprint density at radius 1 is 1.20 bits per heavy atom. The lowest BCUT2D eigenvalue weighted by Crippen LogP contribution is -2.40. The second kappa shape index (κ2) is 20.4. The molecule has 1 fully saturated rings. The summed E-state index contributed by atoms with van der Waals surface area (Å²) in [7, 11) is 3.19. The molecular formula is C31H46N2O8. The zero-order valence-electron chi connectivity index (χ0n) is 25.4. The number of aromatic nitrogens is 1. The maximum Gasteiger partial charge on any atom is 0.325 e. The molecule has 1 N–H and O–H groups in total. The molecule has 0 bridgehead atoms. The van der Waals surface area contributed by atoms with Crippen LogP contribution in [0.2, 0.25) is 0 Å². The number of rotatable bonds is 9. The lowest BCUT2D eigenvalue weighted by Gasteiger charge is -2.20. The van der Waals surface area contributed by atoms with E-state index in [-0.39, 0.29) is 36.4 Å². The van der Waals surface area contributed by atoms with Gasteiger partial charge in [-0.2, -0.15) is 0 Å². The molecule has 1 saturated heterocycles. The summed E-state index contributed by atoms with van der Waals surface area (Å²) in [5.41, 5.74) is 1.41. The monoisotopic (exact) mass is 574 g/mol. The van der Waals surface area contributed by atoms with Crippen LogP contribution in [0.4, 0.5) is 0 Å². The van der Waals surface area contributed by atoms with Crippen molar-refractivity contribution in [1.82, 2.24) is 10.3 Å². The van der Waals surface area contributed by atoms with Crippen molar-refractivity contribution in [2.45, 2.75) is 66.0 Å². The van der Waals surface area contributed by atoms with Crippen LogP contribution in [0.5, 0.6) is 11.5 Å². The lowest BCUT2D eigenvalue weighted by atomic mass is 9.94. The van der Waals surface area contributed by atoms with Crippen LogP contribution in [-0.2, 0) is 23.8 Å². The molecule has 0 aliphatic carbocycles. The Morgan fingerprint density at radius 3 is 2.44 bits per heavy atom. The van der Waals surface area contributed by atoms with Gasteiger partial charge in [0.25, 0.3) is 0 Å². The number of esters is 2. The van der Waals surface area contributed by atoms with Crippen LogP contribution >= 0.6 is 0 Å². The van der Waals surface area contributed by atoms with Crippen molar-refractivity contribution < 1.29 is 38.1 Å². The van der Waals surface area contributed by atoms with Crippen molar-refractivity contribution in [3.8, 4) is 11.5 Å². The molecule has 0 spiro atoms. The summed E-state index contributed by atoms with van der Waals surface area (Å²) in [6.45, 7) is 10.6. The summed E-state index contributed by atoms with van der Waals surface area (Å²) in [5.74, 6) is 1.03. The largest absolute Gasteiger partial charge is 0.493 e. The third-order valence-electron chi connectivity index (χ3n) is 6.04. The fourth-order valence-corrected chi connectivity index (χ4v) is 3.80. The van der Waals surface area contributed by atoms with Gasteiger partial charge in [0.1, 0.15) is 11.7 Å². The minimum atomic E-state index is -0.476. The Labute approximate surface area is 244 Å². The maximum atomic E-state index is 11.8. The molecular weight excluding hydrogens is 528 g/mol. The molecule has 10 nitrogen and oxygen atoms in total. The quantitative estimate of drug-likeness (QED) is 0.254. The van der Waals surface area contributed by atoms with Gasteiger partial charge in [-0.1, -0.05) is 56.2 Å². The van der Waals surface area contributed by atoms with Gasteiger partial charge in [-0.05, 0) is 45.6 Å². The number of carbonyl (C=O) groups is 3. The van der Waals surface area contributed by atoms with E-state index in [1.807, 2.05) is 25.1 Å². The minimum Gasteiger partial charge on any atom is -0.493 e. The van der Waals surface area contributed by atoms with E-state index in [2.05, 4.69) is 47.9 Å². The summed E-state index contributed by atoms with van der Waals surface area (Å²) >= 11 is 0. The van der Waals surface area contributed by atoms with E-state index >= 15 is 0 Å². The number of hydrogen-bond donors (Lipinski definition) is 1. The molecule has 2 unspecified atom stereocenters. The smallest absolute Gasteiger partial charge is 0.325 e. The zero-order chi connectivity index (χ0) is 30.6. The predicted molar refractivity (Wildman–Crippen MR) is 156 cm³/mol. The van der Waals surface area contributed by atoms with Gasteiger partial charge in [0.2, 0.25) is 6.79 Å². The summed E-state index contributed by atoms with van der Waals surface area (Å²) in [4.78, 5) is 36.8. The Hall–Kier alpha value is -3.50. The lowest BCUT2D eigenvalue weighted by molar-refractivity contribution is -0.151. The number of nitrogens with one attached hydrogen (secondary N) is 1. The molecule has 3 rings (SSSR count). The van der Waals surface area contributed by atoms with E-state index < -0.39 is 5.97 Å². The van der Waals surface area contributed by atoms with E-state index in [0.29, 0.717) is 30.5 Å². The molecule has 10 heteroatoms. The van der Waals surface area contributed by atoms with E-state index in [4.69, 9.17) is 18.9 Å². The first-order chi connectivity index (χ1) is 19.6. The molecule has 228 valence electrons. The molecule has 0 saturated carbocycles. The number of methoxy groups -OCH3 is 1. The van der Waals surface area contributed by atoms with Gasteiger partial charge in [0, 0.05) is 25.8 Å². The average molecular weight is 575 g/mol. The van der Waals surface area contributed by atoms with Crippen LogP contribution in [0.25, 0.3) is 0 Å². The Bertz CT molecular complexity index is 1030.